The van der Waals surface area contributed by atoms with Crippen LogP contribution in [0.4, 0.5) is 5.69 Å². The fourth-order valence-corrected chi connectivity index (χ4v) is 5.23. The van der Waals surface area contributed by atoms with E-state index in [-0.39, 0.29) is 23.1 Å². The van der Waals surface area contributed by atoms with Gasteiger partial charge in [0.2, 0.25) is 0 Å². The first-order valence-electron chi connectivity index (χ1n) is 14.1. The Labute approximate surface area is 255 Å². The van der Waals surface area contributed by atoms with Gasteiger partial charge in [-0.1, -0.05) is 24.5 Å². The van der Waals surface area contributed by atoms with E-state index in [1.807, 2.05) is 0 Å². The van der Waals surface area contributed by atoms with E-state index in [1.54, 1.807) is 18.3 Å². The van der Waals surface area contributed by atoms with Crippen LogP contribution in [0.2, 0.25) is 0 Å². The van der Waals surface area contributed by atoms with Crippen LogP contribution in [0.1, 0.15) is 68.9 Å². The molecule has 7 N–H and O–H groups in total. The highest BCUT2D eigenvalue weighted by molar-refractivity contribution is 5.96. The lowest BCUT2D eigenvalue weighted by Crippen LogP contribution is -2.36. The average Bonchev–Trinajstić information content (AvgIpc) is 3.72. The molecule has 230 valence electrons. The molecule has 0 bridgehead atoms. The third-order valence-corrected chi connectivity index (χ3v) is 7.60. The van der Waals surface area contributed by atoms with Crippen molar-refractivity contribution in [3.05, 3.63) is 83.3 Å². The van der Waals surface area contributed by atoms with Crippen molar-refractivity contribution in [2.45, 2.75) is 38.1 Å². The van der Waals surface area contributed by atoms with Crippen molar-refractivity contribution in [1.82, 2.24) is 36.3 Å². The number of hydrazine groups is 2. The first kappa shape index (κ1) is 29.1. The number of benzene rings is 2. The Morgan fingerprint density at radius 3 is 2.13 bits per heavy atom. The number of carbonyl (C=O) groups excluding carboxylic acids is 1. The van der Waals surface area contributed by atoms with Gasteiger partial charge in [-0.2, -0.15) is 0 Å². The molecule has 45 heavy (non-hydrogen) atoms. The van der Waals surface area contributed by atoms with E-state index in [9.17, 15) is 34.8 Å². The summed E-state index contributed by atoms with van der Waals surface area (Å²) in [6.45, 7) is 0. The summed E-state index contributed by atoms with van der Waals surface area (Å²) in [5, 5.41) is 51.6. The molecule has 0 atom stereocenters. The second-order valence-electron chi connectivity index (χ2n) is 10.6. The maximum atomic E-state index is 13.4. The smallest absolute Gasteiger partial charge is 0.339 e. The topological polar surface area (TPSA) is 215 Å². The van der Waals surface area contributed by atoms with Crippen LogP contribution in [0.15, 0.2) is 60.9 Å². The van der Waals surface area contributed by atoms with Crippen molar-refractivity contribution >= 4 is 29.2 Å². The number of carboxylic acid groups (broad SMARTS) is 2. The SMILES string of the molecule is O=C(NC1CCCCC1)c1cc(C2=CN(c3ccc(C(=O)O)c(O)c3)NN2)nc(-c2cn(-c3ccc(C(=O)O)c(O)c3)nn2)c1. The molecule has 3 heterocycles. The molecule has 1 fully saturated rings. The Balaban J connectivity index is 1.34. The normalized spacial score (nSPS) is 14.9. The Morgan fingerprint density at radius 1 is 0.822 bits per heavy atom. The first-order chi connectivity index (χ1) is 21.7. The van der Waals surface area contributed by atoms with Gasteiger partial charge >= 0.3 is 11.9 Å². The van der Waals surface area contributed by atoms with E-state index in [0.717, 1.165) is 32.1 Å². The number of aromatic hydroxyl groups is 2. The molecule has 15 heteroatoms. The molecule has 15 nitrogen and oxygen atoms in total. The fourth-order valence-electron chi connectivity index (χ4n) is 5.23. The van der Waals surface area contributed by atoms with E-state index in [1.165, 1.54) is 52.3 Å². The number of aromatic carboxylic acids is 2. The molecule has 1 amide bonds. The summed E-state index contributed by atoms with van der Waals surface area (Å²) >= 11 is 0. The third-order valence-electron chi connectivity index (χ3n) is 7.60. The summed E-state index contributed by atoms with van der Waals surface area (Å²) in [7, 11) is 0. The lowest BCUT2D eigenvalue weighted by molar-refractivity contribution is 0.0682. The predicted molar refractivity (Wildman–Crippen MR) is 159 cm³/mol. The third kappa shape index (κ3) is 6.09. The molecule has 4 aromatic rings. The number of rotatable bonds is 8. The Hall–Kier alpha value is -5.96. The Bertz CT molecular complexity index is 1850. The van der Waals surface area contributed by atoms with Crippen molar-refractivity contribution in [2.75, 3.05) is 5.01 Å². The van der Waals surface area contributed by atoms with E-state index in [2.05, 4.69) is 26.6 Å². The molecule has 0 spiro atoms. The van der Waals surface area contributed by atoms with E-state index < -0.39 is 23.4 Å². The standard InChI is InChI=1S/C30H28N8O7/c39-26-12-18(6-8-20(26)29(42)43)37-14-24(33-35-37)22-10-16(28(41)31-17-4-2-1-3-5-17)11-23(32-22)25-15-38(36-34-25)19-7-9-21(30(44)45)27(40)13-19/h6-15,17,33,35,39-40H,1-5H2,(H,31,41)(H,42,43)(H,44,45). The van der Waals surface area contributed by atoms with Crippen molar-refractivity contribution in [1.29, 1.82) is 0 Å². The van der Waals surface area contributed by atoms with Crippen LogP contribution < -0.4 is 21.3 Å². The molecule has 1 aliphatic carbocycles. The summed E-state index contributed by atoms with van der Waals surface area (Å²) in [6, 6.07) is 11.4. The van der Waals surface area contributed by atoms with E-state index >= 15 is 0 Å². The number of aromatic nitrogens is 4. The van der Waals surface area contributed by atoms with Gasteiger partial charge in [0.1, 0.15) is 28.3 Å². The summed E-state index contributed by atoms with van der Waals surface area (Å²) in [5.74, 6) is -3.63. The van der Waals surface area contributed by atoms with Crippen LogP contribution in [-0.4, -0.2) is 64.3 Å². The van der Waals surface area contributed by atoms with Gasteiger partial charge in [-0.25, -0.2) is 19.3 Å². The zero-order chi connectivity index (χ0) is 31.7. The summed E-state index contributed by atoms with van der Waals surface area (Å²) < 4.78 is 1.35. The summed E-state index contributed by atoms with van der Waals surface area (Å²) in [6.07, 6.45) is 8.21. The number of pyridine rings is 1. The highest BCUT2D eigenvalue weighted by Crippen LogP contribution is 2.29. The maximum Gasteiger partial charge on any atom is 0.339 e. The van der Waals surface area contributed by atoms with Crippen LogP contribution in [0.3, 0.4) is 0 Å². The number of nitrogens with zero attached hydrogens (tertiary/aromatic N) is 5. The Morgan fingerprint density at radius 2 is 1.47 bits per heavy atom. The molecule has 6 rings (SSSR count). The monoisotopic (exact) mass is 612 g/mol. The van der Waals surface area contributed by atoms with Gasteiger partial charge in [-0.15, -0.1) is 10.6 Å². The van der Waals surface area contributed by atoms with Crippen LogP contribution in [0.25, 0.3) is 22.8 Å². The molecule has 2 aliphatic rings. The number of phenols is 2. The van der Waals surface area contributed by atoms with Crippen molar-refractivity contribution in [3.8, 4) is 28.6 Å². The molecule has 1 aliphatic heterocycles. The van der Waals surface area contributed by atoms with Gasteiger partial charge in [-0.3, -0.25) is 15.2 Å². The lowest BCUT2D eigenvalue weighted by Gasteiger charge is -2.23. The van der Waals surface area contributed by atoms with Crippen LogP contribution >= 0.6 is 0 Å². The highest BCUT2D eigenvalue weighted by atomic mass is 16.4. The molecular formula is C30H28N8O7. The van der Waals surface area contributed by atoms with Crippen molar-refractivity contribution < 1.29 is 34.8 Å². The van der Waals surface area contributed by atoms with Crippen LogP contribution in [0.5, 0.6) is 11.5 Å². The summed E-state index contributed by atoms with van der Waals surface area (Å²) in [5.41, 5.74) is 8.01. The fraction of sp³-hybridized carbons (Fsp3) is 0.200. The number of nitrogens with one attached hydrogen (secondary N) is 3. The van der Waals surface area contributed by atoms with Gasteiger partial charge in [0, 0.05) is 23.7 Å². The van der Waals surface area contributed by atoms with Crippen LogP contribution in [-0.2, 0) is 0 Å². The highest BCUT2D eigenvalue weighted by Gasteiger charge is 2.23. The largest absolute Gasteiger partial charge is 0.507 e. The molecule has 0 saturated heterocycles. The average molecular weight is 613 g/mol. The zero-order valence-corrected chi connectivity index (χ0v) is 23.6. The minimum atomic E-state index is -1.27. The number of carboxylic acids is 2. The first-order valence-corrected chi connectivity index (χ1v) is 14.1. The van der Waals surface area contributed by atoms with Gasteiger partial charge in [0.15, 0.2) is 0 Å². The number of anilines is 1. The number of amides is 1. The zero-order valence-electron chi connectivity index (χ0n) is 23.6. The second-order valence-corrected chi connectivity index (χ2v) is 10.6. The number of hydrogen-bond acceptors (Lipinski definition) is 11. The van der Waals surface area contributed by atoms with Gasteiger partial charge in [0.25, 0.3) is 5.91 Å². The molecule has 2 aromatic carbocycles. The minimum Gasteiger partial charge on any atom is -0.507 e. The predicted octanol–water partition coefficient (Wildman–Crippen LogP) is 3.03. The van der Waals surface area contributed by atoms with Gasteiger partial charge < -0.3 is 25.7 Å². The van der Waals surface area contributed by atoms with Crippen molar-refractivity contribution in [3.63, 3.8) is 0 Å². The number of carbonyl (C=O) groups is 3. The van der Waals surface area contributed by atoms with E-state index in [0.29, 0.717) is 39.7 Å². The number of hydrogen-bond donors (Lipinski definition) is 7. The quantitative estimate of drug-likeness (QED) is 0.153. The molecule has 2 aromatic heterocycles. The minimum absolute atomic E-state index is 0.0658. The van der Waals surface area contributed by atoms with Gasteiger partial charge in [0.05, 0.1) is 40.9 Å². The van der Waals surface area contributed by atoms with E-state index in [4.69, 9.17) is 4.98 Å². The van der Waals surface area contributed by atoms with Gasteiger partial charge in [-0.05, 0) is 49.2 Å². The van der Waals surface area contributed by atoms with Crippen molar-refractivity contribution in [2.24, 2.45) is 0 Å². The second kappa shape index (κ2) is 12.0. The molecule has 0 radical (unpaired) electrons. The molecule has 0 unspecified atom stereocenters. The molecule has 1 saturated carbocycles. The van der Waals surface area contributed by atoms with Crippen LogP contribution in [0, 0.1) is 0 Å². The molecular weight excluding hydrogens is 584 g/mol. The summed E-state index contributed by atoms with van der Waals surface area (Å²) in [4.78, 5) is 40.7. The lowest BCUT2D eigenvalue weighted by atomic mass is 9.95. The Kier molecular flexibility index (Phi) is 7.75. The maximum absolute atomic E-state index is 13.4.